The summed E-state index contributed by atoms with van der Waals surface area (Å²) in [6.07, 6.45) is 2.77. The molecule has 0 heterocycles. The van der Waals surface area contributed by atoms with Crippen molar-refractivity contribution in [1.29, 1.82) is 0 Å². The summed E-state index contributed by atoms with van der Waals surface area (Å²) < 4.78 is 26.4. The van der Waals surface area contributed by atoms with Crippen LogP contribution < -0.4 is 11.5 Å². The largest absolute Gasteiger partial charge is 0.397 e. The van der Waals surface area contributed by atoms with E-state index in [4.69, 9.17) is 11.5 Å². The summed E-state index contributed by atoms with van der Waals surface area (Å²) in [7, 11) is 0. The monoisotopic (exact) mass is 198 g/mol. The first kappa shape index (κ1) is 9.24. The van der Waals surface area contributed by atoms with Crippen molar-refractivity contribution in [3.05, 3.63) is 23.3 Å². The highest BCUT2D eigenvalue weighted by Crippen LogP contribution is 2.42. The van der Waals surface area contributed by atoms with Crippen molar-refractivity contribution in [2.75, 3.05) is 11.5 Å². The Labute approximate surface area is 80.9 Å². The van der Waals surface area contributed by atoms with Crippen LogP contribution in [0.15, 0.2) is 6.07 Å². The van der Waals surface area contributed by atoms with Crippen LogP contribution in [0.2, 0.25) is 0 Å². The fourth-order valence-corrected chi connectivity index (χ4v) is 1.78. The maximum atomic E-state index is 13.4. The van der Waals surface area contributed by atoms with Crippen LogP contribution in [0.4, 0.5) is 20.2 Å². The Hall–Kier alpha value is -1.32. The maximum absolute atomic E-state index is 13.4. The minimum atomic E-state index is -0.904. The van der Waals surface area contributed by atoms with Crippen LogP contribution in [-0.2, 0) is 0 Å². The zero-order valence-corrected chi connectivity index (χ0v) is 7.69. The van der Waals surface area contributed by atoms with Gasteiger partial charge in [-0.05, 0) is 18.8 Å². The molecular formula is C10H12F2N2. The van der Waals surface area contributed by atoms with Crippen molar-refractivity contribution in [2.24, 2.45) is 0 Å². The number of hydrogen-bond donors (Lipinski definition) is 2. The molecule has 1 aromatic carbocycles. The molecule has 0 saturated heterocycles. The quantitative estimate of drug-likeness (QED) is 0.681. The third kappa shape index (κ3) is 1.22. The highest BCUT2D eigenvalue weighted by Gasteiger charge is 2.27. The average molecular weight is 198 g/mol. The highest BCUT2D eigenvalue weighted by molar-refractivity contribution is 5.68. The molecule has 1 fully saturated rings. The standard InChI is InChI=1S/C10H12F2N2/c11-6-4-7(13)10(14)8(9(6)12)5-2-1-3-5/h4-5H,1-3,13-14H2. The fraction of sp³-hybridized carbons (Fsp3) is 0.400. The summed E-state index contributed by atoms with van der Waals surface area (Å²) in [5.41, 5.74) is 11.7. The van der Waals surface area contributed by atoms with Gasteiger partial charge in [0.15, 0.2) is 11.6 Å². The molecule has 0 atom stereocenters. The van der Waals surface area contributed by atoms with Crippen molar-refractivity contribution >= 4 is 11.4 Å². The number of nitrogens with two attached hydrogens (primary N) is 2. The molecule has 2 rings (SSSR count). The summed E-state index contributed by atoms with van der Waals surface area (Å²) in [4.78, 5) is 0. The lowest BCUT2D eigenvalue weighted by Gasteiger charge is -2.27. The zero-order chi connectivity index (χ0) is 10.3. The fourth-order valence-electron chi connectivity index (χ4n) is 1.78. The van der Waals surface area contributed by atoms with E-state index in [1.807, 2.05) is 0 Å². The Morgan fingerprint density at radius 1 is 1.21 bits per heavy atom. The molecule has 1 aromatic rings. The van der Waals surface area contributed by atoms with Crippen LogP contribution >= 0.6 is 0 Å². The second-order valence-corrected chi connectivity index (χ2v) is 3.72. The molecule has 2 nitrogen and oxygen atoms in total. The summed E-state index contributed by atoms with van der Waals surface area (Å²) >= 11 is 0. The topological polar surface area (TPSA) is 52.0 Å². The van der Waals surface area contributed by atoms with Crippen LogP contribution in [-0.4, -0.2) is 0 Å². The molecule has 0 amide bonds. The van der Waals surface area contributed by atoms with Gasteiger partial charge in [0.2, 0.25) is 0 Å². The Balaban J connectivity index is 2.54. The smallest absolute Gasteiger partial charge is 0.164 e. The van der Waals surface area contributed by atoms with Gasteiger partial charge in [-0.2, -0.15) is 0 Å². The van der Waals surface area contributed by atoms with E-state index in [-0.39, 0.29) is 22.9 Å². The van der Waals surface area contributed by atoms with Gasteiger partial charge in [0.05, 0.1) is 11.4 Å². The molecule has 0 radical (unpaired) electrons. The molecule has 0 aliphatic heterocycles. The van der Waals surface area contributed by atoms with Gasteiger partial charge in [0, 0.05) is 11.6 Å². The predicted octanol–water partition coefficient (Wildman–Crippen LogP) is 2.40. The normalized spacial score (nSPS) is 16.7. The molecule has 1 aliphatic rings. The molecule has 4 heteroatoms. The number of nitrogen functional groups attached to an aromatic ring is 2. The second-order valence-electron chi connectivity index (χ2n) is 3.72. The van der Waals surface area contributed by atoms with E-state index in [0.717, 1.165) is 25.3 Å². The first-order valence-corrected chi connectivity index (χ1v) is 4.64. The van der Waals surface area contributed by atoms with Gasteiger partial charge in [-0.15, -0.1) is 0 Å². The van der Waals surface area contributed by atoms with Crippen LogP contribution in [0, 0.1) is 11.6 Å². The molecule has 0 spiro atoms. The van der Waals surface area contributed by atoms with Crippen LogP contribution in [0.3, 0.4) is 0 Å². The van der Waals surface area contributed by atoms with Gasteiger partial charge in [-0.25, -0.2) is 8.78 Å². The third-order valence-corrected chi connectivity index (χ3v) is 2.84. The molecule has 14 heavy (non-hydrogen) atoms. The Kier molecular flexibility index (Phi) is 2.06. The van der Waals surface area contributed by atoms with Gasteiger partial charge in [-0.1, -0.05) is 6.42 Å². The lowest BCUT2D eigenvalue weighted by atomic mass is 9.79. The van der Waals surface area contributed by atoms with Gasteiger partial charge in [0.25, 0.3) is 0 Å². The minimum Gasteiger partial charge on any atom is -0.397 e. The van der Waals surface area contributed by atoms with E-state index in [2.05, 4.69) is 0 Å². The van der Waals surface area contributed by atoms with Crippen molar-refractivity contribution < 1.29 is 8.78 Å². The number of anilines is 2. The number of hydrogen-bond acceptors (Lipinski definition) is 2. The van der Waals surface area contributed by atoms with E-state index in [0.29, 0.717) is 0 Å². The Bertz CT molecular complexity index is 347. The van der Waals surface area contributed by atoms with E-state index < -0.39 is 11.6 Å². The Morgan fingerprint density at radius 2 is 1.86 bits per heavy atom. The lowest BCUT2D eigenvalue weighted by molar-refractivity contribution is 0.395. The molecule has 0 unspecified atom stereocenters. The maximum Gasteiger partial charge on any atom is 0.164 e. The molecular weight excluding hydrogens is 186 g/mol. The zero-order valence-electron chi connectivity index (χ0n) is 7.69. The van der Waals surface area contributed by atoms with E-state index >= 15 is 0 Å². The van der Waals surface area contributed by atoms with Crippen molar-refractivity contribution in [1.82, 2.24) is 0 Å². The molecule has 1 saturated carbocycles. The summed E-state index contributed by atoms with van der Waals surface area (Å²) in [5, 5.41) is 0. The van der Waals surface area contributed by atoms with Crippen molar-refractivity contribution in [3.63, 3.8) is 0 Å². The summed E-state index contributed by atoms with van der Waals surface area (Å²) in [5.74, 6) is -1.69. The number of rotatable bonds is 1. The number of benzene rings is 1. The van der Waals surface area contributed by atoms with Crippen molar-refractivity contribution in [3.8, 4) is 0 Å². The van der Waals surface area contributed by atoms with Crippen LogP contribution in [0.25, 0.3) is 0 Å². The van der Waals surface area contributed by atoms with Crippen LogP contribution in [0.5, 0.6) is 0 Å². The van der Waals surface area contributed by atoms with Gasteiger partial charge >= 0.3 is 0 Å². The Morgan fingerprint density at radius 3 is 2.36 bits per heavy atom. The molecule has 0 aromatic heterocycles. The summed E-state index contributed by atoms with van der Waals surface area (Å²) in [6, 6.07) is 0.937. The minimum absolute atomic E-state index is 0.0491. The SMILES string of the molecule is Nc1cc(F)c(F)c(C2CCC2)c1N. The van der Waals surface area contributed by atoms with Gasteiger partial charge in [0.1, 0.15) is 0 Å². The predicted molar refractivity (Wildman–Crippen MR) is 51.8 cm³/mol. The third-order valence-electron chi connectivity index (χ3n) is 2.84. The average Bonchev–Trinajstić information content (AvgIpc) is 2.06. The molecule has 1 aliphatic carbocycles. The van der Waals surface area contributed by atoms with E-state index in [9.17, 15) is 8.78 Å². The molecule has 4 N–H and O–H groups in total. The first-order chi connectivity index (χ1) is 6.61. The number of halogens is 2. The van der Waals surface area contributed by atoms with E-state index in [1.54, 1.807) is 0 Å². The molecule has 76 valence electrons. The van der Waals surface area contributed by atoms with Crippen molar-refractivity contribution in [2.45, 2.75) is 25.2 Å². The highest BCUT2D eigenvalue weighted by atomic mass is 19.2. The lowest BCUT2D eigenvalue weighted by Crippen LogP contribution is -2.15. The van der Waals surface area contributed by atoms with E-state index in [1.165, 1.54) is 0 Å². The first-order valence-electron chi connectivity index (χ1n) is 4.64. The molecule has 0 bridgehead atoms. The van der Waals surface area contributed by atoms with Crippen LogP contribution in [0.1, 0.15) is 30.7 Å². The van der Waals surface area contributed by atoms with Gasteiger partial charge in [-0.3, -0.25) is 0 Å². The summed E-state index contributed by atoms with van der Waals surface area (Å²) in [6.45, 7) is 0. The van der Waals surface area contributed by atoms with Gasteiger partial charge < -0.3 is 11.5 Å². The second kappa shape index (κ2) is 3.12.